The van der Waals surface area contributed by atoms with Gasteiger partial charge in [0.2, 0.25) is 5.91 Å². The van der Waals surface area contributed by atoms with E-state index in [1.165, 1.54) is 7.05 Å². The Morgan fingerprint density at radius 3 is 2.57 bits per heavy atom. The lowest BCUT2D eigenvalue weighted by atomic mass is 10.0. The Labute approximate surface area is 127 Å². The van der Waals surface area contributed by atoms with Crippen LogP contribution in [0.5, 0.6) is 0 Å². The van der Waals surface area contributed by atoms with Crippen molar-refractivity contribution in [1.29, 1.82) is 0 Å². The molecule has 1 atom stereocenters. The Balaban J connectivity index is 2.10. The largest absolute Gasteiger partial charge is 0.325 e. The highest BCUT2D eigenvalue weighted by Gasteiger charge is 2.38. The van der Waals surface area contributed by atoms with Gasteiger partial charge < -0.3 is 5.32 Å². The first-order valence-corrected chi connectivity index (χ1v) is 6.82. The van der Waals surface area contributed by atoms with Crippen molar-refractivity contribution in [3.63, 3.8) is 0 Å². The van der Waals surface area contributed by atoms with Gasteiger partial charge in [-0.1, -0.05) is 17.7 Å². The van der Waals surface area contributed by atoms with Gasteiger partial charge in [0.25, 0.3) is 11.8 Å². The van der Waals surface area contributed by atoms with Crippen molar-refractivity contribution in [3.8, 4) is 0 Å². The molecule has 1 aliphatic heterocycles. The second-order valence-corrected chi connectivity index (χ2v) is 5.52. The number of anilines is 1. The first-order chi connectivity index (χ1) is 9.79. The number of hydrazine groups is 1. The Kier molecular flexibility index (Phi) is 4.18. The van der Waals surface area contributed by atoms with E-state index in [0.717, 1.165) is 16.1 Å². The molecule has 112 valence electrons. The van der Waals surface area contributed by atoms with Crippen LogP contribution in [0.3, 0.4) is 0 Å². The number of benzene rings is 1. The predicted molar refractivity (Wildman–Crippen MR) is 78.6 cm³/mol. The summed E-state index contributed by atoms with van der Waals surface area (Å²) in [6.07, 6.45) is -0.210. The Morgan fingerprint density at radius 2 is 2.05 bits per heavy atom. The number of aryl methyl sites for hydroxylation is 2. The normalized spacial score (nSPS) is 17.9. The molecule has 3 amide bonds. The monoisotopic (exact) mass is 309 g/mol. The summed E-state index contributed by atoms with van der Waals surface area (Å²) >= 11 is 6.11. The highest BCUT2D eigenvalue weighted by atomic mass is 35.5. The van der Waals surface area contributed by atoms with E-state index in [2.05, 4.69) is 10.7 Å². The van der Waals surface area contributed by atoms with Gasteiger partial charge in [-0.05, 0) is 31.0 Å². The molecule has 1 unspecified atom stereocenters. The minimum atomic E-state index is -0.987. The lowest BCUT2D eigenvalue weighted by Crippen LogP contribution is -2.31. The first kappa shape index (κ1) is 15.3. The van der Waals surface area contributed by atoms with E-state index in [9.17, 15) is 14.4 Å². The summed E-state index contributed by atoms with van der Waals surface area (Å²) in [6.45, 7) is 3.73. The molecular weight excluding hydrogens is 294 g/mol. The minimum Gasteiger partial charge on any atom is -0.325 e. The van der Waals surface area contributed by atoms with Crippen LogP contribution < -0.4 is 10.7 Å². The zero-order valence-corrected chi connectivity index (χ0v) is 12.7. The number of halogens is 1. The molecule has 1 aromatic rings. The first-order valence-electron chi connectivity index (χ1n) is 6.44. The molecule has 2 N–H and O–H groups in total. The maximum Gasteiger partial charge on any atom is 0.253 e. The maximum atomic E-state index is 12.0. The van der Waals surface area contributed by atoms with E-state index in [1.807, 2.05) is 19.9 Å². The lowest BCUT2D eigenvalue weighted by molar-refractivity contribution is -0.134. The van der Waals surface area contributed by atoms with Gasteiger partial charge in [0.1, 0.15) is 5.92 Å². The second-order valence-electron chi connectivity index (χ2n) is 5.12. The molecule has 1 fully saturated rings. The molecule has 0 bridgehead atoms. The van der Waals surface area contributed by atoms with Gasteiger partial charge in [0.15, 0.2) is 0 Å². The molecule has 0 spiro atoms. The Morgan fingerprint density at radius 1 is 1.38 bits per heavy atom. The molecule has 6 nitrogen and oxygen atoms in total. The molecular formula is C14H16ClN3O3. The van der Waals surface area contributed by atoms with Crippen molar-refractivity contribution in [2.75, 3.05) is 12.4 Å². The van der Waals surface area contributed by atoms with Crippen molar-refractivity contribution in [2.45, 2.75) is 20.3 Å². The molecule has 1 aliphatic rings. The summed E-state index contributed by atoms with van der Waals surface area (Å²) < 4.78 is 0. The SMILES string of the molecule is Cc1cc(C)c(NC(=O)CC2C(=O)NN(C)C2=O)c(Cl)c1. The van der Waals surface area contributed by atoms with Crippen molar-refractivity contribution in [2.24, 2.45) is 5.92 Å². The Bertz CT molecular complexity index is 607. The van der Waals surface area contributed by atoms with Gasteiger partial charge in [0, 0.05) is 13.5 Å². The van der Waals surface area contributed by atoms with E-state index in [-0.39, 0.29) is 6.42 Å². The minimum absolute atomic E-state index is 0.210. The number of amides is 3. The molecule has 1 aromatic carbocycles. The van der Waals surface area contributed by atoms with E-state index in [0.29, 0.717) is 10.7 Å². The molecule has 0 saturated carbocycles. The zero-order valence-electron chi connectivity index (χ0n) is 12.0. The van der Waals surface area contributed by atoms with Crippen LogP contribution in [0.25, 0.3) is 0 Å². The summed E-state index contributed by atoms with van der Waals surface area (Å²) in [5, 5.41) is 4.19. The van der Waals surface area contributed by atoms with Gasteiger partial charge in [-0.25, -0.2) is 0 Å². The van der Waals surface area contributed by atoms with Crippen LogP contribution in [-0.4, -0.2) is 29.8 Å². The standard InChI is InChI=1S/C14H16ClN3O3/c1-7-4-8(2)12(10(15)5-7)16-11(19)6-9-13(20)17-18(3)14(9)21/h4-5,9H,6H2,1-3H3,(H,16,19)(H,17,20). The number of nitrogens with zero attached hydrogens (tertiary/aromatic N) is 1. The molecule has 1 saturated heterocycles. The fraction of sp³-hybridized carbons (Fsp3) is 0.357. The van der Waals surface area contributed by atoms with Crippen LogP contribution in [0.4, 0.5) is 5.69 Å². The summed E-state index contributed by atoms with van der Waals surface area (Å²) in [6, 6.07) is 3.63. The van der Waals surface area contributed by atoms with Gasteiger partial charge in [-0.15, -0.1) is 0 Å². The number of rotatable bonds is 3. The van der Waals surface area contributed by atoms with Crippen LogP contribution in [0.15, 0.2) is 12.1 Å². The van der Waals surface area contributed by atoms with Crippen LogP contribution in [0.1, 0.15) is 17.5 Å². The van der Waals surface area contributed by atoms with Crippen LogP contribution in [0.2, 0.25) is 5.02 Å². The quantitative estimate of drug-likeness (QED) is 0.829. The number of nitrogens with one attached hydrogen (secondary N) is 2. The van der Waals surface area contributed by atoms with E-state index in [1.54, 1.807) is 6.07 Å². The summed E-state index contributed by atoms with van der Waals surface area (Å²) in [4.78, 5) is 35.3. The van der Waals surface area contributed by atoms with E-state index < -0.39 is 23.6 Å². The molecule has 1 heterocycles. The predicted octanol–water partition coefficient (Wildman–Crippen LogP) is 1.40. The summed E-state index contributed by atoms with van der Waals surface area (Å²) in [5.74, 6) is -2.29. The fourth-order valence-corrected chi connectivity index (χ4v) is 2.64. The average molecular weight is 310 g/mol. The average Bonchev–Trinajstić information content (AvgIpc) is 2.60. The molecule has 21 heavy (non-hydrogen) atoms. The van der Waals surface area contributed by atoms with E-state index >= 15 is 0 Å². The van der Waals surface area contributed by atoms with Gasteiger partial charge in [-0.2, -0.15) is 0 Å². The highest BCUT2D eigenvalue weighted by Crippen LogP contribution is 2.28. The van der Waals surface area contributed by atoms with Gasteiger partial charge >= 0.3 is 0 Å². The number of hydrogen-bond donors (Lipinski definition) is 2. The third-order valence-electron chi connectivity index (χ3n) is 3.31. The number of carbonyl (C=O) groups excluding carboxylic acids is 3. The lowest BCUT2D eigenvalue weighted by Gasteiger charge is -2.12. The fourth-order valence-electron chi connectivity index (χ4n) is 2.27. The molecule has 0 aromatic heterocycles. The van der Waals surface area contributed by atoms with Crippen molar-refractivity contribution < 1.29 is 14.4 Å². The van der Waals surface area contributed by atoms with Crippen LogP contribution in [-0.2, 0) is 14.4 Å². The number of hydrogen-bond acceptors (Lipinski definition) is 3. The maximum absolute atomic E-state index is 12.0. The molecule has 0 radical (unpaired) electrons. The Hall–Kier alpha value is -2.08. The number of carbonyl (C=O) groups is 3. The van der Waals surface area contributed by atoms with Gasteiger partial charge in [-0.3, -0.25) is 24.8 Å². The molecule has 7 heteroatoms. The van der Waals surface area contributed by atoms with Crippen LogP contribution in [0, 0.1) is 19.8 Å². The third-order valence-corrected chi connectivity index (χ3v) is 3.61. The van der Waals surface area contributed by atoms with Crippen molar-refractivity contribution in [3.05, 3.63) is 28.3 Å². The van der Waals surface area contributed by atoms with Crippen molar-refractivity contribution in [1.82, 2.24) is 10.4 Å². The highest BCUT2D eigenvalue weighted by molar-refractivity contribution is 6.34. The van der Waals surface area contributed by atoms with Crippen molar-refractivity contribution >= 4 is 35.0 Å². The topological polar surface area (TPSA) is 78.5 Å². The molecule has 2 rings (SSSR count). The smallest absolute Gasteiger partial charge is 0.253 e. The van der Waals surface area contributed by atoms with E-state index in [4.69, 9.17) is 11.6 Å². The van der Waals surface area contributed by atoms with Gasteiger partial charge in [0.05, 0.1) is 10.7 Å². The summed E-state index contributed by atoms with van der Waals surface area (Å²) in [7, 11) is 1.44. The second kappa shape index (κ2) is 5.73. The third kappa shape index (κ3) is 3.16. The zero-order chi connectivity index (χ0) is 15.7. The van der Waals surface area contributed by atoms with Crippen LogP contribution >= 0.6 is 11.6 Å². The molecule has 0 aliphatic carbocycles. The summed E-state index contributed by atoms with van der Waals surface area (Å²) in [5.41, 5.74) is 4.68.